The average molecular weight is 126 g/mol. The minimum atomic E-state index is -0.370. The van der Waals surface area contributed by atoms with Crippen molar-refractivity contribution in [2.24, 2.45) is 5.92 Å². The maximum Gasteiger partial charge on any atom is 0.0700 e. The molecular formula is C6H11BO2. The van der Waals surface area contributed by atoms with Gasteiger partial charge < -0.3 is 10.2 Å². The van der Waals surface area contributed by atoms with Gasteiger partial charge in [0.15, 0.2) is 0 Å². The van der Waals surface area contributed by atoms with Gasteiger partial charge >= 0.3 is 0 Å². The third-order valence-electron chi connectivity index (χ3n) is 1.93. The molecule has 1 rings (SSSR count). The minimum Gasteiger partial charge on any atom is -0.396 e. The van der Waals surface area contributed by atoms with E-state index >= 15 is 0 Å². The number of hydrogen-bond acceptors (Lipinski definition) is 2. The van der Waals surface area contributed by atoms with Gasteiger partial charge in [-0.05, 0) is 6.42 Å². The molecule has 50 valence electrons. The fourth-order valence-electron chi connectivity index (χ4n) is 1.34. The van der Waals surface area contributed by atoms with E-state index in [-0.39, 0.29) is 24.4 Å². The molecule has 2 nitrogen and oxygen atoms in total. The van der Waals surface area contributed by atoms with Gasteiger partial charge in [0.1, 0.15) is 0 Å². The van der Waals surface area contributed by atoms with Crippen LogP contribution in [0.1, 0.15) is 12.8 Å². The van der Waals surface area contributed by atoms with Crippen molar-refractivity contribution >= 4 is 7.85 Å². The molecule has 0 heterocycles. The number of aliphatic hydroxyl groups excluding tert-OH is 2. The molecule has 0 amide bonds. The van der Waals surface area contributed by atoms with E-state index in [1.54, 1.807) is 0 Å². The standard InChI is InChI=1S/C6H11BO2/c7-5-1-4(3-8)6(9)2-5/h4-6,8-9H,1-3H2/t4-,5-,6?/m0/s1. The highest BCUT2D eigenvalue weighted by Gasteiger charge is 2.28. The van der Waals surface area contributed by atoms with Crippen molar-refractivity contribution in [3.05, 3.63) is 0 Å². The SMILES string of the molecule is [B][C@@H]1CC(O)[C@H](CO)C1. The van der Waals surface area contributed by atoms with E-state index in [4.69, 9.17) is 18.1 Å². The molecule has 0 aromatic rings. The van der Waals surface area contributed by atoms with Crippen LogP contribution in [0.5, 0.6) is 0 Å². The summed E-state index contributed by atoms with van der Waals surface area (Å²) in [7, 11) is 5.52. The Morgan fingerprint density at radius 3 is 2.33 bits per heavy atom. The first kappa shape index (κ1) is 7.10. The highest BCUT2D eigenvalue weighted by Crippen LogP contribution is 2.32. The largest absolute Gasteiger partial charge is 0.396 e. The van der Waals surface area contributed by atoms with Gasteiger partial charge in [-0.3, -0.25) is 0 Å². The number of rotatable bonds is 1. The van der Waals surface area contributed by atoms with Gasteiger partial charge in [-0.15, -0.1) is 0 Å². The van der Waals surface area contributed by atoms with Gasteiger partial charge in [0, 0.05) is 12.5 Å². The first-order valence-corrected chi connectivity index (χ1v) is 3.28. The van der Waals surface area contributed by atoms with Crippen LogP contribution in [0.2, 0.25) is 5.82 Å². The Bertz CT molecular complexity index is 97.1. The van der Waals surface area contributed by atoms with E-state index in [9.17, 15) is 0 Å². The van der Waals surface area contributed by atoms with Crippen molar-refractivity contribution in [1.29, 1.82) is 0 Å². The van der Waals surface area contributed by atoms with Crippen molar-refractivity contribution < 1.29 is 10.2 Å². The normalized spacial score (nSPS) is 43.6. The Labute approximate surface area is 56.3 Å². The van der Waals surface area contributed by atoms with E-state index in [2.05, 4.69) is 0 Å². The lowest BCUT2D eigenvalue weighted by Crippen LogP contribution is -2.16. The van der Waals surface area contributed by atoms with Crippen LogP contribution in [0.4, 0.5) is 0 Å². The highest BCUT2D eigenvalue weighted by atomic mass is 16.3. The van der Waals surface area contributed by atoms with E-state index in [0.717, 1.165) is 6.42 Å². The minimum absolute atomic E-state index is 0.0278. The van der Waals surface area contributed by atoms with E-state index in [1.807, 2.05) is 0 Å². The summed E-state index contributed by atoms with van der Waals surface area (Å²) in [5, 5.41) is 17.8. The zero-order valence-electron chi connectivity index (χ0n) is 5.33. The molecule has 1 aliphatic rings. The van der Waals surface area contributed by atoms with Crippen molar-refractivity contribution in [2.75, 3.05) is 6.61 Å². The summed E-state index contributed by atoms with van der Waals surface area (Å²) in [6.45, 7) is 0.0644. The van der Waals surface area contributed by atoms with Crippen molar-refractivity contribution in [2.45, 2.75) is 24.8 Å². The quantitative estimate of drug-likeness (QED) is 0.474. The predicted octanol–water partition coefficient (Wildman–Crippen LogP) is -0.293. The van der Waals surface area contributed by atoms with Gasteiger partial charge in [-0.25, -0.2) is 0 Å². The van der Waals surface area contributed by atoms with E-state index < -0.39 is 0 Å². The molecule has 9 heavy (non-hydrogen) atoms. The monoisotopic (exact) mass is 126 g/mol. The summed E-state index contributed by atoms with van der Waals surface area (Å²) in [5.41, 5.74) is 0. The predicted molar refractivity (Wildman–Crippen MR) is 35.3 cm³/mol. The Morgan fingerprint density at radius 1 is 1.44 bits per heavy atom. The smallest absolute Gasteiger partial charge is 0.0700 e. The molecule has 0 bridgehead atoms. The molecular weight excluding hydrogens is 115 g/mol. The first-order chi connectivity index (χ1) is 4.24. The number of aliphatic hydroxyl groups is 2. The Balaban J connectivity index is 2.38. The molecule has 1 saturated carbocycles. The zero-order chi connectivity index (χ0) is 6.85. The topological polar surface area (TPSA) is 40.5 Å². The third-order valence-corrected chi connectivity index (χ3v) is 1.93. The van der Waals surface area contributed by atoms with E-state index in [0.29, 0.717) is 6.42 Å². The molecule has 2 radical (unpaired) electrons. The second-order valence-electron chi connectivity index (χ2n) is 2.74. The van der Waals surface area contributed by atoms with E-state index in [1.165, 1.54) is 0 Å². The lowest BCUT2D eigenvalue weighted by molar-refractivity contribution is 0.0909. The molecule has 1 unspecified atom stereocenters. The van der Waals surface area contributed by atoms with Gasteiger partial charge in [-0.2, -0.15) is 0 Å². The van der Waals surface area contributed by atoms with Crippen LogP contribution in [0, 0.1) is 5.92 Å². The summed E-state index contributed by atoms with van der Waals surface area (Å²) < 4.78 is 0. The molecule has 1 aliphatic carbocycles. The van der Waals surface area contributed by atoms with Crippen LogP contribution in [0.15, 0.2) is 0 Å². The second kappa shape index (κ2) is 2.71. The van der Waals surface area contributed by atoms with Gasteiger partial charge in [0.05, 0.1) is 14.0 Å². The van der Waals surface area contributed by atoms with Crippen molar-refractivity contribution in [3.8, 4) is 0 Å². The van der Waals surface area contributed by atoms with Gasteiger partial charge in [0.2, 0.25) is 0 Å². The summed E-state index contributed by atoms with van der Waals surface area (Å²) in [6, 6.07) is 0. The fraction of sp³-hybridized carbons (Fsp3) is 1.00. The summed E-state index contributed by atoms with van der Waals surface area (Å²) in [5.74, 6) is 0.122. The van der Waals surface area contributed by atoms with Crippen LogP contribution < -0.4 is 0 Å². The molecule has 2 N–H and O–H groups in total. The van der Waals surface area contributed by atoms with Crippen LogP contribution in [-0.2, 0) is 0 Å². The maximum atomic E-state index is 9.12. The molecule has 0 aliphatic heterocycles. The highest BCUT2D eigenvalue weighted by molar-refractivity contribution is 6.11. The Hall–Kier alpha value is -0.0151. The van der Waals surface area contributed by atoms with Gasteiger partial charge in [0.25, 0.3) is 0 Å². The van der Waals surface area contributed by atoms with Crippen LogP contribution in [0.25, 0.3) is 0 Å². The van der Waals surface area contributed by atoms with Crippen molar-refractivity contribution in [1.82, 2.24) is 0 Å². The van der Waals surface area contributed by atoms with Crippen LogP contribution in [0.3, 0.4) is 0 Å². The summed E-state index contributed by atoms with van der Waals surface area (Å²) in [4.78, 5) is 0. The third kappa shape index (κ3) is 1.46. The lowest BCUT2D eigenvalue weighted by Gasteiger charge is -2.08. The molecule has 0 spiro atoms. The van der Waals surface area contributed by atoms with Crippen LogP contribution >= 0.6 is 0 Å². The molecule has 0 aromatic carbocycles. The summed E-state index contributed by atoms with van der Waals surface area (Å²) in [6.07, 6.45) is 1.04. The summed E-state index contributed by atoms with van der Waals surface area (Å²) >= 11 is 0. The zero-order valence-corrected chi connectivity index (χ0v) is 5.33. The molecule has 0 aromatic heterocycles. The lowest BCUT2D eigenvalue weighted by atomic mass is 9.85. The van der Waals surface area contributed by atoms with Crippen molar-refractivity contribution in [3.63, 3.8) is 0 Å². The Kier molecular flexibility index (Phi) is 2.14. The fourth-order valence-corrected chi connectivity index (χ4v) is 1.34. The Morgan fingerprint density at radius 2 is 2.11 bits per heavy atom. The molecule has 0 saturated heterocycles. The first-order valence-electron chi connectivity index (χ1n) is 3.28. The van der Waals surface area contributed by atoms with Crippen LogP contribution in [-0.4, -0.2) is 30.8 Å². The second-order valence-corrected chi connectivity index (χ2v) is 2.74. The number of hydrogen-bond donors (Lipinski definition) is 2. The average Bonchev–Trinajstić information content (AvgIpc) is 2.10. The molecule has 3 heteroatoms. The molecule has 1 fully saturated rings. The maximum absolute atomic E-state index is 9.12. The molecule has 3 atom stereocenters. The van der Waals surface area contributed by atoms with Gasteiger partial charge in [-0.1, -0.05) is 12.2 Å².